The second-order valence-corrected chi connectivity index (χ2v) is 6.09. The van der Waals surface area contributed by atoms with Gasteiger partial charge < -0.3 is 5.73 Å². The number of aromatic amines is 1. The fourth-order valence-corrected chi connectivity index (χ4v) is 2.71. The molecule has 0 bridgehead atoms. The van der Waals surface area contributed by atoms with Gasteiger partial charge in [-0.1, -0.05) is 18.2 Å². The lowest BCUT2D eigenvalue weighted by atomic mass is 10.3. The first kappa shape index (κ1) is 17.5. The third kappa shape index (κ3) is 2.80. The predicted molar refractivity (Wildman–Crippen MR) is 102 cm³/mol. The van der Waals surface area contributed by atoms with Crippen molar-refractivity contribution in [1.29, 1.82) is 0 Å². The first-order valence-corrected chi connectivity index (χ1v) is 8.11. The van der Waals surface area contributed by atoms with Crippen LogP contribution in [0.4, 0.5) is 11.4 Å². The maximum atomic E-state index is 12.8. The van der Waals surface area contributed by atoms with E-state index in [9.17, 15) is 9.59 Å². The average Bonchev–Trinajstić information content (AvgIpc) is 3.01. The number of benzene rings is 1. The van der Waals surface area contributed by atoms with Crippen LogP contribution in [0.1, 0.15) is 11.4 Å². The Bertz CT molecular complexity index is 1130. The zero-order chi connectivity index (χ0) is 19.0. The van der Waals surface area contributed by atoms with Gasteiger partial charge in [-0.15, -0.1) is 10.2 Å². The molecule has 0 saturated carbocycles. The predicted octanol–water partition coefficient (Wildman–Crippen LogP) is 1.79. The van der Waals surface area contributed by atoms with Crippen LogP contribution in [-0.2, 0) is 7.05 Å². The first-order valence-electron chi connectivity index (χ1n) is 7.70. The summed E-state index contributed by atoms with van der Waals surface area (Å²) >= 11 is 4.80. The van der Waals surface area contributed by atoms with Crippen LogP contribution in [-0.4, -0.2) is 24.3 Å². The molecule has 0 radical (unpaired) electrons. The van der Waals surface area contributed by atoms with E-state index in [2.05, 4.69) is 15.3 Å². The van der Waals surface area contributed by atoms with Crippen LogP contribution >= 0.6 is 12.2 Å². The van der Waals surface area contributed by atoms with E-state index in [1.165, 1.54) is 4.68 Å². The molecule has 0 amide bonds. The molecule has 0 aliphatic carbocycles. The van der Waals surface area contributed by atoms with Gasteiger partial charge in [0.05, 0.1) is 17.1 Å². The lowest BCUT2D eigenvalue weighted by Gasteiger charge is -2.07. The summed E-state index contributed by atoms with van der Waals surface area (Å²) in [5, 5.41) is 10.6. The highest BCUT2D eigenvalue weighted by atomic mass is 32.1. The number of H-pyrrole nitrogens is 1. The molecule has 9 nitrogen and oxygen atoms in total. The van der Waals surface area contributed by atoms with Gasteiger partial charge in [0, 0.05) is 7.05 Å². The molecule has 26 heavy (non-hydrogen) atoms. The Morgan fingerprint density at radius 2 is 1.69 bits per heavy atom. The van der Waals surface area contributed by atoms with Gasteiger partial charge in [0.25, 0.3) is 5.56 Å². The van der Waals surface area contributed by atoms with Gasteiger partial charge in [-0.25, -0.2) is 4.68 Å². The van der Waals surface area contributed by atoms with Gasteiger partial charge in [0.15, 0.2) is 16.5 Å². The van der Waals surface area contributed by atoms with Crippen molar-refractivity contribution in [2.75, 3.05) is 0 Å². The van der Waals surface area contributed by atoms with Crippen LogP contribution in [0.15, 0.2) is 50.1 Å². The molecule has 0 fully saturated rings. The summed E-state index contributed by atoms with van der Waals surface area (Å²) in [6, 6.07) is 9.18. The van der Waals surface area contributed by atoms with Gasteiger partial charge in [0.2, 0.25) is 0 Å². The first-order chi connectivity index (χ1) is 12.3. The van der Waals surface area contributed by atoms with Crippen molar-refractivity contribution in [2.45, 2.75) is 13.8 Å². The number of aromatic nitrogens is 4. The lowest BCUT2D eigenvalue weighted by Crippen LogP contribution is -2.29. The van der Waals surface area contributed by atoms with Gasteiger partial charge in [-0.2, -0.15) is 4.68 Å². The lowest BCUT2D eigenvalue weighted by molar-refractivity contribution is 0.630. The summed E-state index contributed by atoms with van der Waals surface area (Å²) in [5.41, 5.74) is 6.60. The molecule has 0 spiro atoms. The summed E-state index contributed by atoms with van der Waals surface area (Å²) in [5.74, 6) is 0. The third-order valence-electron chi connectivity index (χ3n) is 4.03. The number of para-hydroxylation sites is 1. The summed E-state index contributed by atoms with van der Waals surface area (Å²) in [6.45, 7) is 3.40. The van der Waals surface area contributed by atoms with Crippen molar-refractivity contribution in [3.05, 3.63) is 62.4 Å². The van der Waals surface area contributed by atoms with Gasteiger partial charge in [-0.3, -0.25) is 19.4 Å². The Balaban J connectivity index is 2.11. The Hall–Kier alpha value is -3.27. The van der Waals surface area contributed by atoms with Gasteiger partial charge >= 0.3 is 5.56 Å². The Morgan fingerprint density at radius 3 is 2.27 bits per heavy atom. The molecule has 0 aliphatic heterocycles. The van der Waals surface area contributed by atoms with E-state index in [1.807, 2.05) is 30.3 Å². The van der Waals surface area contributed by atoms with Crippen molar-refractivity contribution < 1.29 is 0 Å². The minimum Gasteiger partial charge on any atom is -0.374 e. The molecule has 1 aromatic carbocycles. The zero-order valence-corrected chi connectivity index (χ0v) is 15.2. The molecule has 134 valence electrons. The van der Waals surface area contributed by atoms with Crippen LogP contribution in [0.5, 0.6) is 0 Å². The van der Waals surface area contributed by atoms with E-state index in [-0.39, 0.29) is 22.0 Å². The summed E-state index contributed by atoms with van der Waals surface area (Å²) < 4.78 is 4.17. The van der Waals surface area contributed by atoms with Crippen LogP contribution < -0.4 is 16.9 Å². The number of hydrogen-bond donors (Lipinski definition) is 2. The second kappa shape index (κ2) is 6.56. The van der Waals surface area contributed by atoms with Crippen molar-refractivity contribution >= 4 is 28.7 Å². The monoisotopic (exact) mass is 371 g/mol. The number of nitrogens with two attached hydrogens (primary N) is 1. The molecular weight excluding hydrogens is 354 g/mol. The van der Waals surface area contributed by atoms with E-state index in [4.69, 9.17) is 18.0 Å². The number of nitrogens with one attached hydrogen (secondary N) is 1. The van der Waals surface area contributed by atoms with Crippen LogP contribution in [0, 0.1) is 13.8 Å². The van der Waals surface area contributed by atoms with E-state index in [0.29, 0.717) is 17.1 Å². The quantitative estimate of drug-likeness (QED) is 0.539. The topological polar surface area (TPSA) is 115 Å². The van der Waals surface area contributed by atoms with Crippen molar-refractivity contribution in [1.82, 2.24) is 19.1 Å². The molecule has 2 aromatic heterocycles. The number of hydrogen-bond acceptors (Lipinski definition) is 5. The largest absolute Gasteiger partial charge is 0.374 e. The zero-order valence-electron chi connectivity index (χ0n) is 14.4. The molecular formula is C16H17N7O2S. The Kier molecular flexibility index (Phi) is 4.43. The number of azo groups is 1. The molecule has 3 rings (SSSR count). The van der Waals surface area contributed by atoms with Crippen molar-refractivity contribution in [3.8, 4) is 5.69 Å². The molecule has 0 unspecified atom stereocenters. The minimum absolute atomic E-state index is 0.0479. The van der Waals surface area contributed by atoms with E-state index in [1.54, 1.807) is 25.6 Å². The smallest absolute Gasteiger partial charge is 0.301 e. The average molecular weight is 371 g/mol. The maximum Gasteiger partial charge on any atom is 0.301 e. The number of thiocarbonyl (C=S) groups is 1. The summed E-state index contributed by atoms with van der Waals surface area (Å²) in [7, 11) is 1.75. The maximum absolute atomic E-state index is 12.8. The molecule has 0 saturated heterocycles. The molecule has 0 atom stereocenters. The third-order valence-corrected chi connectivity index (χ3v) is 4.22. The summed E-state index contributed by atoms with van der Waals surface area (Å²) in [4.78, 5) is 25.0. The Labute approximate surface area is 153 Å². The number of aryl methyl sites for hydroxylation is 1. The Morgan fingerprint density at radius 1 is 1.08 bits per heavy atom. The normalized spacial score (nSPS) is 11.3. The standard InChI is InChI=1S/C16H17N7O2S/c1-9-12(14(24)22(20-9)16(17)26)18-19-13-10(2)21(3)23(15(13)25)11-7-5-4-6-8-11/h4-8,20H,1-3H3,(H2,17,26). The number of nitrogens with zero attached hydrogens (tertiary/aromatic N) is 5. The van der Waals surface area contributed by atoms with Gasteiger partial charge in [0.1, 0.15) is 0 Å². The minimum atomic E-state index is -0.518. The van der Waals surface area contributed by atoms with Crippen LogP contribution in [0.2, 0.25) is 0 Å². The second-order valence-electron chi connectivity index (χ2n) is 5.67. The van der Waals surface area contributed by atoms with Crippen LogP contribution in [0.3, 0.4) is 0 Å². The van der Waals surface area contributed by atoms with E-state index < -0.39 is 5.56 Å². The van der Waals surface area contributed by atoms with Crippen LogP contribution in [0.25, 0.3) is 5.69 Å². The molecule has 3 aromatic rings. The van der Waals surface area contributed by atoms with Gasteiger partial charge in [-0.05, 0) is 38.2 Å². The van der Waals surface area contributed by atoms with Crippen molar-refractivity contribution in [3.63, 3.8) is 0 Å². The van der Waals surface area contributed by atoms with E-state index in [0.717, 1.165) is 4.68 Å². The highest BCUT2D eigenvalue weighted by molar-refractivity contribution is 7.80. The molecule has 10 heteroatoms. The molecule has 2 heterocycles. The SMILES string of the molecule is Cc1[nH]n(C(N)=S)c(=O)c1N=Nc1c(C)n(C)n(-c2ccccc2)c1=O. The molecule has 0 aliphatic rings. The highest BCUT2D eigenvalue weighted by Crippen LogP contribution is 2.20. The van der Waals surface area contributed by atoms with Crippen molar-refractivity contribution in [2.24, 2.45) is 23.0 Å². The fourth-order valence-electron chi connectivity index (χ4n) is 2.58. The fraction of sp³-hybridized carbons (Fsp3) is 0.188. The summed E-state index contributed by atoms with van der Waals surface area (Å²) in [6.07, 6.45) is 0. The number of rotatable bonds is 3. The van der Waals surface area contributed by atoms with E-state index >= 15 is 0 Å². The highest BCUT2D eigenvalue weighted by Gasteiger charge is 2.17. The molecule has 3 N–H and O–H groups in total.